The van der Waals surface area contributed by atoms with Gasteiger partial charge in [0.1, 0.15) is 24.6 Å². The molecule has 0 heterocycles. The Morgan fingerprint density at radius 2 is 1.77 bits per heavy atom. The Morgan fingerprint density at radius 3 is 2.08 bits per heavy atom. The third-order valence-corrected chi connectivity index (χ3v) is 1.48. The molecule has 6 N–H and O–H groups in total. The fourth-order valence-electron chi connectivity index (χ4n) is 0.644. The van der Waals surface area contributed by atoms with Crippen LogP contribution in [-0.2, 0) is 4.79 Å². The van der Waals surface area contributed by atoms with Crippen molar-refractivity contribution in [2.75, 3.05) is 6.61 Å². The Bertz CT molecular complexity index is 152. The van der Waals surface area contributed by atoms with E-state index in [-0.39, 0.29) is 59.1 Å². The molecule has 0 spiro atoms. The van der Waals surface area contributed by atoms with Gasteiger partial charge in [-0.05, 0) is 0 Å². The summed E-state index contributed by atoms with van der Waals surface area (Å²) in [6.45, 7) is -0.705. The largest absolute Gasteiger partial charge is 1.00 e. The molecule has 13 heavy (non-hydrogen) atoms. The molecule has 4 atom stereocenters. The fraction of sp³-hybridized carbons (Fsp3) is 0.833. The first-order valence-electron chi connectivity index (χ1n) is 3.40. The molecule has 0 aliphatic carbocycles. The number of carbonyl (C=O) groups excluding carboxylic acids is 1. The molecule has 0 unspecified atom stereocenters. The van der Waals surface area contributed by atoms with Crippen LogP contribution in [0.1, 0.15) is 1.43 Å². The summed E-state index contributed by atoms with van der Waals surface area (Å²) in [5.41, 5.74) is 5.04. The molecule has 0 aliphatic rings. The molecule has 74 valence electrons. The molecule has 0 radical (unpaired) electrons. The van der Waals surface area contributed by atoms with Gasteiger partial charge in [0, 0.05) is 0 Å². The fourth-order valence-corrected chi connectivity index (χ4v) is 0.644. The first kappa shape index (κ1) is 16.5. The van der Waals surface area contributed by atoms with Gasteiger partial charge in [-0.1, -0.05) is 0 Å². The maximum absolute atomic E-state index is 10.0. The van der Waals surface area contributed by atoms with Gasteiger partial charge in [0.25, 0.3) is 0 Å². The van der Waals surface area contributed by atoms with Crippen molar-refractivity contribution >= 4 is 6.29 Å². The van der Waals surface area contributed by atoms with E-state index in [0.29, 0.717) is 0 Å². The number of hydrogen-bond acceptors (Lipinski definition) is 6. The quantitative estimate of drug-likeness (QED) is 0.231. The number of rotatable bonds is 5. The average molecular weight is 219 g/mol. The zero-order valence-electron chi connectivity index (χ0n) is 8.37. The van der Waals surface area contributed by atoms with Crippen LogP contribution >= 0.6 is 0 Å². The molecule has 7 heteroatoms. The maximum Gasteiger partial charge on any atom is 1.00 e. The van der Waals surface area contributed by atoms with Crippen LogP contribution in [0.4, 0.5) is 0 Å². The van der Waals surface area contributed by atoms with Crippen molar-refractivity contribution in [2.45, 2.75) is 24.4 Å². The summed E-state index contributed by atoms with van der Waals surface area (Å²) in [7, 11) is 0. The van der Waals surface area contributed by atoms with Gasteiger partial charge in [0.05, 0.1) is 12.6 Å². The summed E-state index contributed by atoms with van der Waals surface area (Å²) < 4.78 is 0. The molecule has 6 nitrogen and oxygen atoms in total. The molecule has 0 saturated carbocycles. The Balaban J connectivity index is -0.000000605. The Morgan fingerprint density at radius 1 is 1.31 bits per heavy atom. The van der Waals surface area contributed by atoms with Crippen molar-refractivity contribution in [3.63, 3.8) is 0 Å². The van der Waals surface area contributed by atoms with E-state index in [0.717, 1.165) is 0 Å². The summed E-state index contributed by atoms with van der Waals surface area (Å²) in [6.07, 6.45) is -4.43. The number of nitrogens with two attached hydrogens (primary N) is 1. The molecule has 0 rings (SSSR count). The van der Waals surface area contributed by atoms with Crippen LogP contribution in [0.5, 0.6) is 0 Å². The van der Waals surface area contributed by atoms with Gasteiger partial charge in [0.2, 0.25) is 0 Å². The minimum Gasteiger partial charge on any atom is -1.00 e. The van der Waals surface area contributed by atoms with Crippen molar-refractivity contribution in [3.8, 4) is 0 Å². The van der Waals surface area contributed by atoms with Crippen LogP contribution in [0.2, 0.25) is 0 Å². The standard InChI is InChI=1S/C6H13NO5.K.H/c7-3(1-8)5(11)6(12)4(10)2-9;;/h1,3-6,9-12H,2,7H2;;/q;+1;-1/t3-,4+,5+,6+;;/m0../s1. The van der Waals surface area contributed by atoms with E-state index in [1.165, 1.54) is 0 Å². The van der Waals surface area contributed by atoms with Gasteiger partial charge >= 0.3 is 51.4 Å². The molecule has 0 aromatic rings. The van der Waals surface area contributed by atoms with Crippen molar-refractivity contribution in [1.29, 1.82) is 0 Å². The second-order valence-corrected chi connectivity index (χ2v) is 2.44. The Hall–Kier alpha value is 1.11. The molecule has 0 aromatic heterocycles. The molecule has 0 bridgehead atoms. The zero-order chi connectivity index (χ0) is 9.72. The molecular weight excluding hydrogens is 205 g/mol. The molecule has 0 aromatic carbocycles. The van der Waals surface area contributed by atoms with Crippen LogP contribution in [0.25, 0.3) is 0 Å². The van der Waals surface area contributed by atoms with Crippen molar-refractivity contribution in [3.05, 3.63) is 0 Å². The summed E-state index contributed by atoms with van der Waals surface area (Å²) >= 11 is 0. The van der Waals surface area contributed by atoms with E-state index in [1.54, 1.807) is 0 Å². The third kappa shape index (κ3) is 5.52. The number of hydrogen-bond donors (Lipinski definition) is 5. The maximum atomic E-state index is 10.0. The summed E-state index contributed by atoms with van der Waals surface area (Å²) in [5.74, 6) is 0. The van der Waals surface area contributed by atoms with Crippen LogP contribution in [0, 0.1) is 0 Å². The monoisotopic (exact) mass is 219 g/mol. The van der Waals surface area contributed by atoms with Gasteiger partial charge in [-0.3, -0.25) is 0 Å². The Labute approximate surface area is 120 Å². The molecule has 0 amide bonds. The van der Waals surface area contributed by atoms with Crippen LogP contribution in [-0.4, -0.2) is 57.7 Å². The predicted octanol–water partition coefficient (Wildman–Crippen LogP) is -6.30. The second-order valence-electron chi connectivity index (χ2n) is 2.44. The topological polar surface area (TPSA) is 124 Å². The molecule has 0 aliphatic heterocycles. The zero-order valence-corrected chi connectivity index (χ0v) is 10.5. The number of aliphatic hydroxyl groups excluding tert-OH is 4. The second kappa shape index (κ2) is 8.42. The van der Waals surface area contributed by atoms with Crippen LogP contribution in [0.3, 0.4) is 0 Å². The van der Waals surface area contributed by atoms with E-state index in [2.05, 4.69) is 0 Å². The number of aldehydes is 1. The van der Waals surface area contributed by atoms with E-state index in [1.807, 2.05) is 0 Å². The SMILES string of the molecule is N[C@@H](C=O)[C@@H](O)[C@H](O)[C@H](O)CO.[H-].[K+]. The normalized spacial score (nSPS) is 19.5. The molecule has 0 saturated heterocycles. The van der Waals surface area contributed by atoms with E-state index in [4.69, 9.17) is 26.2 Å². The molecule has 0 fully saturated rings. The summed E-state index contributed by atoms with van der Waals surface area (Å²) in [6, 6.07) is -1.26. The van der Waals surface area contributed by atoms with Gasteiger partial charge < -0.3 is 32.4 Å². The van der Waals surface area contributed by atoms with Crippen molar-refractivity contribution in [2.24, 2.45) is 5.73 Å². The molecular formula is C6H14KNO5. The van der Waals surface area contributed by atoms with Gasteiger partial charge in [-0.25, -0.2) is 0 Å². The first-order valence-corrected chi connectivity index (χ1v) is 3.40. The van der Waals surface area contributed by atoms with E-state index >= 15 is 0 Å². The summed E-state index contributed by atoms with van der Waals surface area (Å²) in [4.78, 5) is 10.0. The van der Waals surface area contributed by atoms with Crippen LogP contribution < -0.4 is 57.1 Å². The first-order chi connectivity index (χ1) is 5.54. The summed E-state index contributed by atoms with van der Waals surface area (Å²) in [5, 5.41) is 35.2. The van der Waals surface area contributed by atoms with E-state index < -0.39 is 31.0 Å². The third-order valence-electron chi connectivity index (χ3n) is 1.48. The smallest absolute Gasteiger partial charge is 1.00 e. The van der Waals surface area contributed by atoms with Gasteiger partial charge in [-0.2, -0.15) is 0 Å². The number of aliphatic hydroxyl groups is 4. The van der Waals surface area contributed by atoms with Crippen molar-refractivity contribution < 1.29 is 78.0 Å². The van der Waals surface area contributed by atoms with Gasteiger partial charge in [-0.15, -0.1) is 0 Å². The van der Waals surface area contributed by atoms with Crippen molar-refractivity contribution in [1.82, 2.24) is 0 Å². The number of carbonyl (C=O) groups is 1. The Kier molecular flexibility index (Phi) is 10.7. The van der Waals surface area contributed by atoms with Gasteiger partial charge in [0.15, 0.2) is 0 Å². The van der Waals surface area contributed by atoms with E-state index in [9.17, 15) is 4.79 Å². The minimum atomic E-state index is -1.62. The predicted molar refractivity (Wildman–Crippen MR) is 40.3 cm³/mol. The average Bonchev–Trinajstić information content (AvgIpc) is 2.12. The minimum absolute atomic E-state index is 0. The van der Waals surface area contributed by atoms with Crippen LogP contribution in [0.15, 0.2) is 0 Å².